The van der Waals surface area contributed by atoms with E-state index in [1.54, 1.807) is 19.1 Å². The van der Waals surface area contributed by atoms with Crippen LogP contribution in [0.1, 0.15) is 36.2 Å². The van der Waals surface area contributed by atoms with Crippen LogP contribution < -0.4 is 5.32 Å². The molecule has 0 bridgehead atoms. The number of carbonyl (C=O) groups excluding carboxylic acids is 1. The molecule has 33 heavy (non-hydrogen) atoms. The molecule has 1 saturated heterocycles. The van der Waals surface area contributed by atoms with Gasteiger partial charge in [0.25, 0.3) is 5.91 Å². The molecule has 8 nitrogen and oxygen atoms in total. The molecule has 1 aliphatic heterocycles. The van der Waals surface area contributed by atoms with Crippen molar-refractivity contribution in [1.82, 2.24) is 8.61 Å². The fourth-order valence-electron chi connectivity index (χ4n) is 4.09. The first-order valence-electron chi connectivity index (χ1n) is 10.8. The van der Waals surface area contributed by atoms with Crippen molar-refractivity contribution in [3.63, 3.8) is 0 Å². The van der Waals surface area contributed by atoms with E-state index in [0.717, 1.165) is 10.7 Å². The van der Waals surface area contributed by atoms with E-state index in [2.05, 4.69) is 5.32 Å². The summed E-state index contributed by atoms with van der Waals surface area (Å²) in [6.07, 6.45) is 1.00. The summed E-state index contributed by atoms with van der Waals surface area (Å²) in [5.41, 5.74) is 1.17. The zero-order chi connectivity index (χ0) is 24.6. The van der Waals surface area contributed by atoms with Crippen molar-refractivity contribution in [2.45, 2.75) is 37.0 Å². The highest BCUT2D eigenvalue weighted by molar-refractivity contribution is 7.89. The average Bonchev–Trinajstić information content (AvgIpc) is 2.74. The third kappa shape index (κ3) is 5.46. The van der Waals surface area contributed by atoms with Crippen LogP contribution in [0, 0.1) is 18.8 Å². The third-order valence-electron chi connectivity index (χ3n) is 5.79. The molecule has 1 aliphatic rings. The Labute approximate surface area is 196 Å². The Morgan fingerprint density at radius 2 is 1.55 bits per heavy atom. The lowest BCUT2D eigenvalue weighted by molar-refractivity contribution is 0.102. The van der Waals surface area contributed by atoms with Gasteiger partial charge in [-0.1, -0.05) is 19.9 Å². The van der Waals surface area contributed by atoms with E-state index >= 15 is 0 Å². The second-order valence-corrected chi connectivity index (χ2v) is 13.1. The monoisotopic (exact) mass is 493 g/mol. The molecule has 1 N–H and O–H groups in total. The van der Waals surface area contributed by atoms with Crippen LogP contribution >= 0.6 is 0 Å². The van der Waals surface area contributed by atoms with Crippen molar-refractivity contribution in [2.75, 3.05) is 32.5 Å². The topological polar surface area (TPSA) is 104 Å². The van der Waals surface area contributed by atoms with E-state index in [4.69, 9.17) is 0 Å². The molecule has 180 valence electrons. The number of hydrogen-bond acceptors (Lipinski definition) is 5. The predicted octanol–water partition coefficient (Wildman–Crippen LogP) is 3.16. The van der Waals surface area contributed by atoms with Gasteiger partial charge < -0.3 is 5.32 Å². The van der Waals surface area contributed by atoms with E-state index in [1.165, 1.54) is 48.7 Å². The Balaban J connectivity index is 1.79. The molecule has 0 aliphatic carbocycles. The zero-order valence-corrected chi connectivity index (χ0v) is 21.2. The van der Waals surface area contributed by atoms with Gasteiger partial charge in [-0.2, -0.15) is 4.31 Å². The molecular weight excluding hydrogens is 462 g/mol. The van der Waals surface area contributed by atoms with Gasteiger partial charge in [-0.15, -0.1) is 0 Å². The smallest absolute Gasteiger partial charge is 0.255 e. The summed E-state index contributed by atoms with van der Waals surface area (Å²) in [7, 11) is -4.40. The molecule has 0 radical (unpaired) electrons. The van der Waals surface area contributed by atoms with Crippen molar-refractivity contribution in [3.05, 3.63) is 53.6 Å². The van der Waals surface area contributed by atoms with Gasteiger partial charge in [0.2, 0.25) is 20.0 Å². The van der Waals surface area contributed by atoms with Gasteiger partial charge >= 0.3 is 0 Å². The second kappa shape index (κ2) is 9.54. The van der Waals surface area contributed by atoms with Crippen LogP contribution in [0.15, 0.2) is 52.3 Å². The van der Waals surface area contributed by atoms with Crippen LogP contribution in [0.3, 0.4) is 0 Å². The molecule has 1 fully saturated rings. The highest BCUT2D eigenvalue weighted by Gasteiger charge is 2.31. The molecular formula is C23H31N3O5S2. The summed E-state index contributed by atoms with van der Waals surface area (Å²) >= 11 is 0. The summed E-state index contributed by atoms with van der Waals surface area (Å²) in [5, 5.41) is 2.69. The average molecular weight is 494 g/mol. The van der Waals surface area contributed by atoms with Crippen LogP contribution in [0.4, 0.5) is 5.69 Å². The Morgan fingerprint density at radius 1 is 0.970 bits per heavy atom. The number of anilines is 1. The first kappa shape index (κ1) is 25.4. The second-order valence-electron chi connectivity index (χ2n) is 9.01. The van der Waals surface area contributed by atoms with Crippen molar-refractivity contribution >= 4 is 31.6 Å². The summed E-state index contributed by atoms with van der Waals surface area (Å²) < 4.78 is 53.7. The Morgan fingerprint density at radius 3 is 2.09 bits per heavy atom. The van der Waals surface area contributed by atoms with Gasteiger partial charge in [-0.05, 0) is 67.1 Å². The maximum atomic E-state index is 13.0. The molecule has 2 aromatic rings. The number of hydrogen-bond donors (Lipinski definition) is 1. The number of rotatable bonds is 6. The first-order chi connectivity index (χ1) is 15.3. The van der Waals surface area contributed by atoms with Crippen molar-refractivity contribution < 1.29 is 21.6 Å². The molecule has 0 unspecified atom stereocenters. The SMILES string of the molecule is Cc1ccc(NC(=O)c2ccc(S(=O)(=O)N3C[C@H](C)C[C@@H](C)C3)cc2)cc1S(=O)(=O)N(C)C. The van der Waals surface area contributed by atoms with Gasteiger partial charge in [0.05, 0.1) is 9.79 Å². The zero-order valence-electron chi connectivity index (χ0n) is 19.6. The van der Waals surface area contributed by atoms with Gasteiger partial charge in [0.1, 0.15) is 0 Å². The van der Waals surface area contributed by atoms with Gasteiger partial charge in [-0.3, -0.25) is 4.79 Å². The molecule has 1 amide bonds. The minimum absolute atomic E-state index is 0.108. The van der Waals surface area contributed by atoms with Crippen LogP contribution in [0.5, 0.6) is 0 Å². The standard InChI is InChI=1S/C23H31N3O5S2/c1-16-12-17(2)15-26(14-16)32(28,29)21-10-7-19(8-11-21)23(27)24-20-9-6-18(3)22(13-20)33(30,31)25(4)5/h6-11,13,16-17H,12,14-15H2,1-5H3,(H,24,27)/t16-,17-/m1/s1. The highest BCUT2D eigenvalue weighted by atomic mass is 32.2. The number of nitrogens with one attached hydrogen (secondary N) is 1. The number of piperidine rings is 1. The summed E-state index contributed by atoms with van der Waals surface area (Å²) in [5.74, 6) is 0.129. The number of aryl methyl sites for hydroxylation is 1. The number of nitrogens with zero attached hydrogens (tertiary/aromatic N) is 2. The first-order valence-corrected chi connectivity index (χ1v) is 13.6. The fourth-order valence-corrected chi connectivity index (χ4v) is 6.91. The molecule has 2 atom stereocenters. The van der Waals surface area contributed by atoms with Crippen LogP contribution in [-0.2, 0) is 20.0 Å². The van der Waals surface area contributed by atoms with E-state index in [1.807, 2.05) is 13.8 Å². The number of amides is 1. The fraction of sp³-hybridized carbons (Fsp3) is 0.435. The Bertz CT molecular complexity index is 1230. The largest absolute Gasteiger partial charge is 0.322 e. The molecule has 2 aromatic carbocycles. The van der Waals surface area contributed by atoms with Gasteiger partial charge in [0.15, 0.2) is 0 Å². The quantitative estimate of drug-likeness (QED) is 0.666. The maximum absolute atomic E-state index is 13.0. The van der Waals surface area contributed by atoms with Crippen molar-refractivity contribution in [2.24, 2.45) is 11.8 Å². The Hall–Kier alpha value is -2.27. The number of carbonyl (C=O) groups is 1. The summed E-state index contributed by atoms with van der Waals surface area (Å²) in [4.78, 5) is 13.0. The van der Waals surface area contributed by atoms with Crippen LogP contribution in [0.25, 0.3) is 0 Å². The van der Waals surface area contributed by atoms with E-state index in [-0.39, 0.29) is 15.4 Å². The summed E-state index contributed by atoms with van der Waals surface area (Å²) in [6, 6.07) is 10.5. The number of sulfonamides is 2. The predicted molar refractivity (Wildman–Crippen MR) is 128 cm³/mol. The van der Waals surface area contributed by atoms with E-state index in [9.17, 15) is 21.6 Å². The summed E-state index contributed by atoms with van der Waals surface area (Å²) in [6.45, 7) is 6.75. The van der Waals surface area contributed by atoms with Crippen molar-refractivity contribution in [3.8, 4) is 0 Å². The maximum Gasteiger partial charge on any atom is 0.255 e. The lowest BCUT2D eigenvalue weighted by Gasteiger charge is -2.34. The minimum atomic E-state index is -3.66. The normalized spacial score (nSPS) is 20.1. The molecule has 0 aromatic heterocycles. The molecule has 10 heteroatoms. The highest BCUT2D eigenvalue weighted by Crippen LogP contribution is 2.27. The molecule has 3 rings (SSSR count). The Kier molecular flexibility index (Phi) is 7.33. The lowest BCUT2D eigenvalue weighted by Crippen LogP contribution is -2.42. The molecule has 1 heterocycles. The number of benzene rings is 2. The minimum Gasteiger partial charge on any atom is -0.322 e. The van der Waals surface area contributed by atoms with Crippen LogP contribution in [-0.4, -0.2) is 58.5 Å². The molecule has 0 saturated carbocycles. The lowest BCUT2D eigenvalue weighted by atomic mass is 9.94. The van der Waals surface area contributed by atoms with E-state index in [0.29, 0.717) is 36.2 Å². The van der Waals surface area contributed by atoms with Gasteiger partial charge in [-0.25, -0.2) is 21.1 Å². The third-order valence-corrected chi connectivity index (χ3v) is 9.60. The van der Waals surface area contributed by atoms with Gasteiger partial charge in [0, 0.05) is 38.4 Å². The van der Waals surface area contributed by atoms with Crippen molar-refractivity contribution in [1.29, 1.82) is 0 Å². The molecule has 0 spiro atoms. The van der Waals surface area contributed by atoms with E-state index < -0.39 is 26.0 Å². The van der Waals surface area contributed by atoms with Crippen LogP contribution in [0.2, 0.25) is 0 Å².